The van der Waals surface area contributed by atoms with Crippen LogP contribution in [0.2, 0.25) is 0 Å². The first-order valence-corrected chi connectivity index (χ1v) is 4.64. The Morgan fingerprint density at radius 3 is 2.57 bits per heavy atom. The van der Waals surface area contributed by atoms with Gasteiger partial charge in [0, 0.05) is 13.7 Å². The molecule has 0 aliphatic rings. The maximum absolute atomic E-state index is 10.6. The van der Waals surface area contributed by atoms with Crippen LogP contribution in [0.5, 0.6) is 0 Å². The zero-order valence-corrected chi connectivity index (χ0v) is 8.95. The standard InChI is InChI=1S/C9H19NO4/c1-7(2)14-5-4-10-8(6-13-3)9(11)12/h7-8,10H,4-6H2,1-3H3,(H,11,12). The Labute approximate surface area is 84.4 Å². The molecule has 0 bridgehead atoms. The minimum atomic E-state index is -0.906. The number of hydrogen-bond donors (Lipinski definition) is 2. The first kappa shape index (κ1) is 13.4. The summed E-state index contributed by atoms with van der Waals surface area (Å²) in [5.74, 6) is -0.906. The summed E-state index contributed by atoms with van der Waals surface area (Å²) in [5, 5.41) is 11.6. The Kier molecular flexibility index (Phi) is 7.37. The van der Waals surface area contributed by atoms with Crippen LogP contribution in [0, 0.1) is 0 Å². The van der Waals surface area contributed by atoms with Crippen molar-refractivity contribution in [2.45, 2.75) is 26.0 Å². The highest BCUT2D eigenvalue weighted by molar-refractivity contribution is 5.73. The van der Waals surface area contributed by atoms with Gasteiger partial charge in [-0.05, 0) is 13.8 Å². The summed E-state index contributed by atoms with van der Waals surface area (Å²) in [4.78, 5) is 10.6. The summed E-state index contributed by atoms with van der Waals surface area (Å²) in [7, 11) is 1.47. The lowest BCUT2D eigenvalue weighted by Crippen LogP contribution is -2.42. The molecular formula is C9H19NO4. The third-order valence-electron chi connectivity index (χ3n) is 1.58. The molecule has 14 heavy (non-hydrogen) atoms. The van der Waals surface area contributed by atoms with Crippen LogP contribution in [0.3, 0.4) is 0 Å². The normalized spacial score (nSPS) is 13.1. The lowest BCUT2D eigenvalue weighted by atomic mass is 10.3. The van der Waals surface area contributed by atoms with E-state index in [1.807, 2.05) is 13.8 Å². The smallest absolute Gasteiger partial charge is 0.323 e. The van der Waals surface area contributed by atoms with Gasteiger partial charge in [-0.1, -0.05) is 0 Å². The second-order valence-electron chi connectivity index (χ2n) is 3.22. The number of rotatable bonds is 8. The highest BCUT2D eigenvalue weighted by Crippen LogP contribution is 1.88. The van der Waals surface area contributed by atoms with Crippen LogP contribution < -0.4 is 5.32 Å². The minimum Gasteiger partial charge on any atom is -0.480 e. The minimum absolute atomic E-state index is 0.164. The first-order chi connectivity index (χ1) is 6.57. The van der Waals surface area contributed by atoms with E-state index in [1.165, 1.54) is 7.11 Å². The highest BCUT2D eigenvalue weighted by atomic mass is 16.5. The molecule has 0 saturated heterocycles. The average Bonchev–Trinajstić information content (AvgIpc) is 2.09. The number of nitrogens with one attached hydrogen (secondary N) is 1. The fourth-order valence-electron chi connectivity index (χ4n) is 0.912. The van der Waals surface area contributed by atoms with E-state index in [1.54, 1.807) is 0 Å². The molecule has 0 heterocycles. The summed E-state index contributed by atoms with van der Waals surface area (Å²) in [5.41, 5.74) is 0. The van der Waals surface area contributed by atoms with Crippen molar-refractivity contribution in [2.75, 3.05) is 26.9 Å². The second-order valence-corrected chi connectivity index (χ2v) is 3.22. The van der Waals surface area contributed by atoms with Gasteiger partial charge in [-0.15, -0.1) is 0 Å². The third kappa shape index (κ3) is 6.82. The fourth-order valence-corrected chi connectivity index (χ4v) is 0.912. The molecule has 0 fully saturated rings. The maximum atomic E-state index is 10.6. The molecule has 0 aliphatic heterocycles. The quantitative estimate of drug-likeness (QED) is 0.550. The molecular weight excluding hydrogens is 186 g/mol. The van der Waals surface area contributed by atoms with E-state index in [2.05, 4.69) is 5.32 Å². The van der Waals surface area contributed by atoms with Gasteiger partial charge in [0.2, 0.25) is 0 Å². The van der Waals surface area contributed by atoms with Crippen LogP contribution in [0.25, 0.3) is 0 Å². The molecule has 5 heteroatoms. The lowest BCUT2D eigenvalue weighted by molar-refractivity contribution is -0.140. The lowest BCUT2D eigenvalue weighted by Gasteiger charge is -2.14. The number of carboxylic acid groups (broad SMARTS) is 1. The number of methoxy groups -OCH3 is 1. The summed E-state index contributed by atoms with van der Waals surface area (Å²) in [6.07, 6.45) is 0.169. The van der Waals surface area contributed by atoms with Gasteiger partial charge in [-0.3, -0.25) is 4.79 Å². The van der Waals surface area contributed by atoms with E-state index < -0.39 is 12.0 Å². The Balaban J connectivity index is 3.56. The average molecular weight is 205 g/mol. The van der Waals surface area contributed by atoms with Gasteiger partial charge in [0.25, 0.3) is 0 Å². The Bertz CT molecular complexity index is 161. The molecule has 0 amide bonds. The Morgan fingerprint density at radius 2 is 2.14 bits per heavy atom. The van der Waals surface area contributed by atoms with Crippen molar-refractivity contribution < 1.29 is 19.4 Å². The van der Waals surface area contributed by atoms with Gasteiger partial charge in [0.05, 0.1) is 19.3 Å². The zero-order valence-electron chi connectivity index (χ0n) is 8.95. The Morgan fingerprint density at radius 1 is 1.50 bits per heavy atom. The van der Waals surface area contributed by atoms with Gasteiger partial charge < -0.3 is 19.9 Å². The van der Waals surface area contributed by atoms with Crippen LogP contribution >= 0.6 is 0 Å². The van der Waals surface area contributed by atoms with Gasteiger partial charge in [-0.2, -0.15) is 0 Å². The van der Waals surface area contributed by atoms with Gasteiger partial charge >= 0.3 is 5.97 Å². The number of carboxylic acids is 1. The van der Waals surface area contributed by atoms with E-state index in [9.17, 15) is 4.79 Å². The molecule has 0 aromatic rings. The molecule has 0 aliphatic carbocycles. The van der Waals surface area contributed by atoms with Crippen molar-refractivity contribution in [1.29, 1.82) is 0 Å². The van der Waals surface area contributed by atoms with Crippen LogP contribution in [0.4, 0.5) is 0 Å². The van der Waals surface area contributed by atoms with E-state index >= 15 is 0 Å². The summed E-state index contributed by atoms with van der Waals surface area (Å²) >= 11 is 0. The second kappa shape index (κ2) is 7.73. The van der Waals surface area contributed by atoms with Crippen LogP contribution in [0.1, 0.15) is 13.8 Å². The van der Waals surface area contributed by atoms with E-state index in [0.29, 0.717) is 13.2 Å². The maximum Gasteiger partial charge on any atom is 0.323 e. The number of aliphatic carboxylic acids is 1. The SMILES string of the molecule is COCC(NCCOC(C)C)C(=O)O. The topological polar surface area (TPSA) is 67.8 Å². The van der Waals surface area contributed by atoms with Crippen molar-refractivity contribution in [2.24, 2.45) is 0 Å². The predicted molar refractivity (Wildman–Crippen MR) is 52.4 cm³/mol. The van der Waals surface area contributed by atoms with Gasteiger partial charge in [-0.25, -0.2) is 0 Å². The molecule has 0 radical (unpaired) electrons. The number of ether oxygens (including phenoxy) is 2. The summed E-state index contributed by atoms with van der Waals surface area (Å²) < 4.78 is 10.0. The first-order valence-electron chi connectivity index (χ1n) is 4.64. The fraction of sp³-hybridized carbons (Fsp3) is 0.889. The highest BCUT2D eigenvalue weighted by Gasteiger charge is 2.15. The number of hydrogen-bond acceptors (Lipinski definition) is 4. The van der Waals surface area contributed by atoms with Crippen LogP contribution in [0.15, 0.2) is 0 Å². The number of carbonyl (C=O) groups is 1. The van der Waals surface area contributed by atoms with Gasteiger partial charge in [0.15, 0.2) is 0 Å². The predicted octanol–water partition coefficient (Wildman–Crippen LogP) is 0.101. The van der Waals surface area contributed by atoms with Crippen molar-refractivity contribution in [3.8, 4) is 0 Å². The van der Waals surface area contributed by atoms with Gasteiger partial charge in [0.1, 0.15) is 6.04 Å². The molecule has 1 unspecified atom stereocenters. The molecule has 0 aromatic heterocycles. The van der Waals surface area contributed by atoms with Crippen molar-refractivity contribution in [3.63, 3.8) is 0 Å². The molecule has 1 atom stereocenters. The molecule has 0 aromatic carbocycles. The molecule has 5 nitrogen and oxygen atoms in total. The van der Waals surface area contributed by atoms with Crippen molar-refractivity contribution >= 4 is 5.97 Å². The van der Waals surface area contributed by atoms with Crippen LogP contribution in [-0.4, -0.2) is 50.1 Å². The van der Waals surface area contributed by atoms with Crippen LogP contribution in [-0.2, 0) is 14.3 Å². The molecule has 0 saturated carbocycles. The zero-order chi connectivity index (χ0) is 11.0. The molecule has 0 spiro atoms. The van der Waals surface area contributed by atoms with E-state index in [4.69, 9.17) is 14.6 Å². The third-order valence-corrected chi connectivity index (χ3v) is 1.58. The monoisotopic (exact) mass is 205 g/mol. The molecule has 0 rings (SSSR count). The summed E-state index contributed by atoms with van der Waals surface area (Å²) in [6.45, 7) is 5.05. The van der Waals surface area contributed by atoms with E-state index in [0.717, 1.165) is 0 Å². The van der Waals surface area contributed by atoms with E-state index in [-0.39, 0.29) is 12.7 Å². The molecule has 84 valence electrons. The van der Waals surface area contributed by atoms with Crippen molar-refractivity contribution in [3.05, 3.63) is 0 Å². The summed E-state index contributed by atoms with van der Waals surface area (Å²) in [6, 6.07) is -0.657. The Hall–Kier alpha value is -0.650. The largest absolute Gasteiger partial charge is 0.480 e. The van der Waals surface area contributed by atoms with Crippen molar-refractivity contribution in [1.82, 2.24) is 5.32 Å². The molecule has 2 N–H and O–H groups in total.